The molecule has 6 rings (SSSR count). The molecule has 0 fully saturated rings. The van der Waals surface area contributed by atoms with Gasteiger partial charge in [0.1, 0.15) is 5.69 Å². The molecule has 1 aliphatic carbocycles. The molecular weight excluding hydrogens is 683 g/mol. The number of benzene rings is 2. The molecule has 1 aliphatic heterocycles. The number of amides is 2. The number of rotatable bonds is 12. The third kappa shape index (κ3) is 7.90. The Hall–Kier alpha value is -5.84. The summed E-state index contributed by atoms with van der Waals surface area (Å²) in [5.74, 6) is 0.450. The molecule has 2 aromatic heterocycles. The number of carbonyl (C=O) groups is 4. The van der Waals surface area contributed by atoms with Gasteiger partial charge in [-0.1, -0.05) is 74.5 Å². The van der Waals surface area contributed by atoms with Crippen molar-refractivity contribution in [3.8, 4) is 17.1 Å². The number of nitrogens with zero attached hydrogens (tertiary/aromatic N) is 5. The molecule has 2 aromatic carbocycles. The first-order valence-electron chi connectivity index (χ1n) is 18.2. The van der Waals surface area contributed by atoms with Crippen LogP contribution in [0.3, 0.4) is 0 Å². The van der Waals surface area contributed by atoms with Gasteiger partial charge in [-0.25, -0.2) is 14.8 Å². The van der Waals surface area contributed by atoms with Gasteiger partial charge in [-0.3, -0.25) is 18.8 Å². The van der Waals surface area contributed by atoms with Gasteiger partial charge in [0.15, 0.2) is 17.2 Å². The van der Waals surface area contributed by atoms with Gasteiger partial charge in [-0.2, -0.15) is 0 Å². The Morgan fingerprint density at radius 1 is 0.833 bits per heavy atom. The third-order valence-corrected chi connectivity index (χ3v) is 10.3. The van der Waals surface area contributed by atoms with E-state index in [9.17, 15) is 19.2 Å². The lowest BCUT2D eigenvalue weighted by Crippen LogP contribution is -2.40. The van der Waals surface area contributed by atoms with Crippen LogP contribution in [0.1, 0.15) is 64.4 Å². The number of likely N-dealkylation sites (N-methyl/N-ethyl adjacent to an activating group) is 2. The first-order chi connectivity index (χ1) is 25.7. The predicted octanol–water partition coefficient (Wildman–Crippen LogP) is 6.94. The fourth-order valence-electron chi connectivity index (χ4n) is 6.96. The molecule has 0 N–H and O–H groups in total. The minimum absolute atomic E-state index is 0.0157. The zero-order valence-corrected chi connectivity index (χ0v) is 32.1. The first-order valence-corrected chi connectivity index (χ1v) is 18.2. The van der Waals surface area contributed by atoms with Crippen LogP contribution in [0.2, 0.25) is 0 Å². The van der Waals surface area contributed by atoms with E-state index < -0.39 is 11.5 Å². The number of carbonyl (C=O) groups excluding carboxylic acids is 4. The Morgan fingerprint density at radius 3 is 2.15 bits per heavy atom. The number of ketones is 2. The quantitative estimate of drug-likeness (QED) is 0.144. The van der Waals surface area contributed by atoms with Gasteiger partial charge in [-0.15, -0.1) is 0 Å². The second-order valence-electron chi connectivity index (χ2n) is 14.7. The summed E-state index contributed by atoms with van der Waals surface area (Å²) < 4.78 is 13.8. The summed E-state index contributed by atoms with van der Waals surface area (Å²) in [5.41, 5.74) is 5.26. The fourth-order valence-corrected chi connectivity index (χ4v) is 6.96. The topological polar surface area (TPSA) is 123 Å². The minimum Gasteiger partial charge on any atom is -0.498 e. The zero-order valence-electron chi connectivity index (χ0n) is 32.1. The highest BCUT2D eigenvalue weighted by molar-refractivity contribution is 6.25. The monoisotopic (exact) mass is 729 g/mol. The Labute approximate surface area is 316 Å². The molecule has 11 heteroatoms. The molecule has 0 saturated heterocycles. The standard InChI is InChI=1S/C43H47N5O6/c1-27-28(2)39(51)37(29(3)38(27)50)43(4,5)25-36(49)46(6)20-21-47(7)42(52)54-41-34(24-32-19-14-22-53-32)45-40-33(23-30-15-10-8-11-16-30)44-35(26-48(40)41)31-17-12-9-13-18-31/h8-13,15-19,26H,14,20-25H2,1-7H3. The summed E-state index contributed by atoms with van der Waals surface area (Å²) in [7, 11) is 3.28. The van der Waals surface area contributed by atoms with E-state index in [0.717, 1.165) is 29.0 Å². The largest absolute Gasteiger partial charge is 0.498 e. The summed E-state index contributed by atoms with van der Waals surface area (Å²) in [6.07, 6.45) is 4.91. The number of Topliss-reactive ketones (excluding diaryl/α,β-unsaturated/α-hetero) is 2. The summed E-state index contributed by atoms with van der Waals surface area (Å²) in [4.78, 5) is 66.3. The molecule has 2 amide bonds. The van der Waals surface area contributed by atoms with Crippen LogP contribution in [0.25, 0.3) is 16.9 Å². The average Bonchev–Trinajstić information content (AvgIpc) is 3.80. The van der Waals surface area contributed by atoms with Crippen molar-refractivity contribution in [1.29, 1.82) is 0 Å². The van der Waals surface area contributed by atoms with Gasteiger partial charge in [0.05, 0.1) is 30.2 Å². The summed E-state index contributed by atoms with van der Waals surface area (Å²) >= 11 is 0. The van der Waals surface area contributed by atoms with Crippen molar-refractivity contribution in [1.82, 2.24) is 24.2 Å². The van der Waals surface area contributed by atoms with Gasteiger partial charge in [0.25, 0.3) is 0 Å². The lowest BCUT2D eigenvalue weighted by Gasteiger charge is -2.33. The van der Waals surface area contributed by atoms with Crippen LogP contribution >= 0.6 is 0 Å². The molecule has 0 saturated carbocycles. The Balaban J connectivity index is 1.23. The van der Waals surface area contributed by atoms with E-state index in [1.54, 1.807) is 39.3 Å². The molecule has 0 spiro atoms. The predicted molar refractivity (Wildman–Crippen MR) is 206 cm³/mol. The fraction of sp³-hybridized carbons (Fsp3) is 0.349. The third-order valence-electron chi connectivity index (χ3n) is 10.3. The van der Waals surface area contributed by atoms with E-state index in [0.29, 0.717) is 58.8 Å². The molecule has 0 bridgehead atoms. The minimum atomic E-state index is -0.875. The molecule has 280 valence electrons. The second kappa shape index (κ2) is 15.6. The van der Waals surface area contributed by atoms with E-state index in [1.165, 1.54) is 9.80 Å². The van der Waals surface area contributed by atoms with Gasteiger partial charge >= 0.3 is 6.09 Å². The van der Waals surface area contributed by atoms with Crippen molar-refractivity contribution >= 4 is 29.2 Å². The molecule has 11 nitrogen and oxygen atoms in total. The summed E-state index contributed by atoms with van der Waals surface area (Å²) in [6, 6.07) is 19.9. The van der Waals surface area contributed by atoms with Crippen LogP contribution in [-0.4, -0.2) is 81.5 Å². The van der Waals surface area contributed by atoms with Gasteiger partial charge < -0.3 is 19.3 Å². The maximum absolute atomic E-state index is 13.8. The average molecular weight is 730 g/mol. The number of ether oxygens (including phenoxy) is 2. The lowest BCUT2D eigenvalue weighted by atomic mass is 9.71. The highest BCUT2D eigenvalue weighted by Gasteiger charge is 2.39. The van der Waals surface area contributed by atoms with Crippen molar-refractivity contribution in [2.24, 2.45) is 5.41 Å². The smallest absolute Gasteiger partial charge is 0.416 e. The summed E-state index contributed by atoms with van der Waals surface area (Å²) in [5, 5.41) is 0. The number of aromatic nitrogens is 3. The number of hydrogen-bond acceptors (Lipinski definition) is 8. The van der Waals surface area contributed by atoms with Crippen LogP contribution in [0, 0.1) is 5.41 Å². The van der Waals surface area contributed by atoms with Crippen molar-refractivity contribution < 1.29 is 28.7 Å². The van der Waals surface area contributed by atoms with E-state index in [-0.39, 0.29) is 42.9 Å². The maximum atomic E-state index is 13.8. The number of hydrogen-bond donors (Lipinski definition) is 0. The number of fused-ring (bicyclic) bond motifs is 1. The molecule has 4 aromatic rings. The van der Waals surface area contributed by atoms with Crippen LogP contribution in [0.5, 0.6) is 5.88 Å². The molecule has 0 atom stereocenters. The van der Waals surface area contributed by atoms with Crippen LogP contribution in [-0.2, 0) is 32.0 Å². The summed E-state index contributed by atoms with van der Waals surface area (Å²) in [6.45, 7) is 9.56. The molecule has 0 unspecified atom stereocenters. The highest BCUT2D eigenvalue weighted by atomic mass is 16.6. The Bertz CT molecular complexity index is 2210. The normalized spacial score (nSPS) is 14.8. The molecule has 54 heavy (non-hydrogen) atoms. The molecular formula is C43H47N5O6. The highest BCUT2D eigenvalue weighted by Crippen LogP contribution is 2.39. The Kier molecular flexibility index (Phi) is 11.0. The number of imidazole rings is 1. The van der Waals surface area contributed by atoms with E-state index >= 15 is 0 Å². The number of allylic oxidation sites excluding steroid dienone is 5. The van der Waals surface area contributed by atoms with Crippen molar-refractivity contribution in [2.75, 3.05) is 33.8 Å². The SMILES string of the molecule is CC1=C(C)C(=O)C(C(C)(C)CC(=O)N(C)CCN(C)C(=O)Oc2c(CC3=CCCO3)nc3c(Cc4ccccc4)nc(-c4ccccc4)cn23)=C(C)C1=O. The Morgan fingerprint density at radius 2 is 1.48 bits per heavy atom. The van der Waals surface area contributed by atoms with Crippen LogP contribution in [0.15, 0.2) is 101 Å². The first kappa shape index (κ1) is 37.9. The van der Waals surface area contributed by atoms with E-state index in [4.69, 9.17) is 19.4 Å². The van der Waals surface area contributed by atoms with Gasteiger partial charge in [0, 0.05) is 85.9 Å². The molecule has 0 radical (unpaired) electrons. The lowest BCUT2D eigenvalue weighted by molar-refractivity contribution is -0.132. The second-order valence-corrected chi connectivity index (χ2v) is 14.7. The van der Waals surface area contributed by atoms with Crippen molar-refractivity contribution in [2.45, 2.75) is 60.3 Å². The van der Waals surface area contributed by atoms with E-state index in [2.05, 4.69) is 0 Å². The van der Waals surface area contributed by atoms with Gasteiger partial charge in [-0.05, 0) is 32.4 Å². The maximum Gasteiger partial charge on any atom is 0.416 e. The molecule has 3 heterocycles. The molecule has 2 aliphatic rings. The van der Waals surface area contributed by atoms with Crippen LogP contribution in [0.4, 0.5) is 4.79 Å². The van der Waals surface area contributed by atoms with Crippen LogP contribution < -0.4 is 4.74 Å². The van der Waals surface area contributed by atoms with Gasteiger partial charge in [0.2, 0.25) is 11.8 Å². The van der Waals surface area contributed by atoms with Crippen molar-refractivity contribution in [3.63, 3.8) is 0 Å². The van der Waals surface area contributed by atoms with E-state index in [1.807, 2.05) is 86.8 Å². The van der Waals surface area contributed by atoms with Crippen molar-refractivity contribution in [3.05, 3.63) is 118 Å². The zero-order chi connectivity index (χ0) is 38.7.